The highest BCUT2D eigenvalue weighted by Crippen LogP contribution is 2.32. The molecule has 1 atom stereocenters. The van der Waals surface area contributed by atoms with Gasteiger partial charge in [0.25, 0.3) is 0 Å². The summed E-state index contributed by atoms with van der Waals surface area (Å²) in [4.78, 5) is 19.6. The molecule has 3 heterocycles. The first kappa shape index (κ1) is 10.9. The minimum Gasteiger partial charge on any atom is -0.311 e. The number of rotatable bonds is 2. The summed E-state index contributed by atoms with van der Waals surface area (Å²) in [6.45, 7) is 6.38. The number of amides is 1. The molecule has 1 aromatic rings. The van der Waals surface area contributed by atoms with Gasteiger partial charge in [-0.15, -0.1) is 6.58 Å². The van der Waals surface area contributed by atoms with E-state index >= 15 is 0 Å². The molecule has 3 rings (SSSR count). The number of aromatic nitrogens is 1. The number of carbonyl (C=O) groups is 1. The molecule has 0 spiro atoms. The Morgan fingerprint density at radius 2 is 2.47 bits per heavy atom. The first-order valence-corrected chi connectivity index (χ1v) is 6.72. The maximum absolute atomic E-state index is 11.9. The minimum absolute atomic E-state index is 0.175. The fourth-order valence-electron chi connectivity index (χ4n) is 2.31. The number of fused-ring (bicyclic) bond motifs is 1. The number of nitrogens with one attached hydrogen (secondary N) is 1. The topological polar surface area (TPSA) is 45.2 Å². The second-order valence-corrected chi connectivity index (χ2v) is 5.56. The zero-order chi connectivity index (χ0) is 11.8. The van der Waals surface area contributed by atoms with Gasteiger partial charge in [0.2, 0.25) is 5.91 Å². The van der Waals surface area contributed by atoms with Crippen molar-refractivity contribution < 1.29 is 4.79 Å². The lowest BCUT2D eigenvalue weighted by molar-refractivity contribution is -0.117. The van der Waals surface area contributed by atoms with Crippen LogP contribution in [0.4, 0.5) is 5.13 Å². The van der Waals surface area contributed by atoms with Crippen LogP contribution >= 0.6 is 11.3 Å². The zero-order valence-electron chi connectivity index (χ0n) is 9.61. The Balaban J connectivity index is 1.87. The highest BCUT2D eigenvalue weighted by atomic mass is 32.1. The molecule has 4 nitrogen and oxygen atoms in total. The van der Waals surface area contributed by atoms with Crippen molar-refractivity contribution in [2.45, 2.75) is 19.4 Å². The van der Waals surface area contributed by atoms with E-state index in [1.54, 1.807) is 11.3 Å². The summed E-state index contributed by atoms with van der Waals surface area (Å²) in [5.41, 5.74) is 1.17. The van der Waals surface area contributed by atoms with E-state index in [2.05, 4.69) is 16.9 Å². The number of thiazole rings is 1. The second-order valence-electron chi connectivity index (χ2n) is 4.50. The third-order valence-corrected chi connectivity index (χ3v) is 4.43. The fourth-order valence-corrected chi connectivity index (χ4v) is 3.41. The molecular formula is C12H15N3OS. The maximum Gasteiger partial charge on any atom is 0.229 e. The van der Waals surface area contributed by atoms with Crippen molar-refractivity contribution in [3.8, 4) is 0 Å². The van der Waals surface area contributed by atoms with E-state index in [1.165, 1.54) is 10.6 Å². The Labute approximate surface area is 104 Å². The van der Waals surface area contributed by atoms with Crippen LogP contribution in [0.15, 0.2) is 12.7 Å². The molecule has 0 radical (unpaired) electrons. The molecule has 2 aliphatic rings. The van der Waals surface area contributed by atoms with Crippen LogP contribution in [0.5, 0.6) is 0 Å². The van der Waals surface area contributed by atoms with Gasteiger partial charge in [0.15, 0.2) is 5.13 Å². The van der Waals surface area contributed by atoms with Crippen LogP contribution in [-0.2, 0) is 17.8 Å². The number of hydrogen-bond acceptors (Lipinski definition) is 4. The van der Waals surface area contributed by atoms with E-state index in [1.807, 2.05) is 11.0 Å². The monoisotopic (exact) mass is 249 g/mol. The molecule has 1 aromatic heterocycles. The van der Waals surface area contributed by atoms with Crippen LogP contribution in [0, 0.1) is 5.92 Å². The normalized spacial score (nSPS) is 23.9. The van der Waals surface area contributed by atoms with Crippen LogP contribution in [-0.4, -0.2) is 24.0 Å². The van der Waals surface area contributed by atoms with Gasteiger partial charge in [-0.05, 0) is 0 Å². The van der Waals surface area contributed by atoms with E-state index in [4.69, 9.17) is 0 Å². The molecule has 2 aliphatic heterocycles. The smallest absolute Gasteiger partial charge is 0.229 e. The van der Waals surface area contributed by atoms with Gasteiger partial charge in [-0.2, -0.15) is 0 Å². The van der Waals surface area contributed by atoms with E-state index in [9.17, 15) is 4.79 Å². The zero-order valence-corrected chi connectivity index (χ0v) is 10.4. The molecule has 1 fully saturated rings. The standard InChI is InChI=1S/C12H15N3OS/c1-2-8-5-11(16)15(7-8)12-14-9-3-4-13-6-10(9)17-12/h2,8,13H,1,3-7H2. The third-order valence-electron chi connectivity index (χ3n) is 3.31. The van der Waals surface area contributed by atoms with Gasteiger partial charge in [0, 0.05) is 43.3 Å². The molecule has 90 valence electrons. The third kappa shape index (κ3) is 1.89. The predicted octanol–water partition coefficient (Wildman–Crippen LogP) is 1.33. The summed E-state index contributed by atoms with van der Waals surface area (Å²) < 4.78 is 0. The first-order chi connectivity index (χ1) is 8.28. The highest BCUT2D eigenvalue weighted by molar-refractivity contribution is 7.16. The van der Waals surface area contributed by atoms with Crippen molar-refractivity contribution in [3.05, 3.63) is 23.2 Å². The molecule has 0 aliphatic carbocycles. The minimum atomic E-state index is 0.175. The second kappa shape index (κ2) is 4.23. The van der Waals surface area contributed by atoms with E-state index < -0.39 is 0 Å². The SMILES string of the molecule is C=CC1CC(=O)N(c2nc3c(s2)CNCC3)C1. The summed E-state index contributed by atoms with van der Waals surface area (Å²) in [5.74, 6) is 0.454. The van der Waals surface area contributed by atoms with Crippen molar-refractivity contribution in [1.82, 2.24) is 10.3 Å². The predicted molar refractivity (Wildman–Crippen MR) is 68.2 cm³/mol. The average Bonchev–Trinajstić information content (AvgIpc) is 2.91. The van der Waals surface area contributed by atoms with Crippen molar-refractivity contribution in [2.24, 2.45) is 5.92 Å². The fraction of sp³-hybridized carbons (Fsp3) is 0.500. The van der Waals surface area contributed by atoms with Gasteiger partial charge >= 0.3 is 0 Å². The molecule has 1 saturated heterocycles. The van der Waals surface area contributed by atoms with Crippen LogP contribution in [0.1, 0.15) is 17.0 Å². The summed E-state index contributed by atoms with van der Waals surface area (Å²) in [7, 11) is 0. The van der Waals surface area contributed by atoms with Crippen molar-refractivity contribution >= 4 is 22.4 Å². The lowest BCUT2D eigenvalue weighted by atomic mass is 10.1. The molecule has 0 aromatic carbocycles. The van der Waals surface area contributed by atoms with E-state index in [0.717, 1.165) is 31.2 Å². The van der Waals surface area contributed by atoms with Crippen molar-refractivity contribution in [2.75, 3.05) is 18.0 Å². The molecular weight excluding hydrogens is 234 g/mol. The highest BCUT2D eigenvalue weighted by Gasteiger charge is 2.31. The quantitative estimate of drug-likeness (QED) is 0.804. The molecule has 1 amide bonds. The lowest BCUT2D eigenvalue weighted by Gasteiger charge is -2.11. The van der Waals surface area contributed by atoms with E-state index in [-0.39, 0.29) is 11.8 Å². The van der Waals surface area contributed by atoms with Gasteiger partial charge in [-0.25, -0.2) is 4.98 Å². The molecule has 1 unspecified atom stereocenters. The Bertz CT molecular complexity index is 445. The number of hydrogen-bond donors (Lipinski definition) is 1. The summed E-state index contributed by atoms with van der Waals surface area (Å²) in [6.07, 6.45) is 3.41. The van der Waals surface area contributed by atoms with Gasteiger partial charge < -0.3 is 5.32 Å². The Kier molecular flexibility index (Phi) is 2.72. The van der Waals surface area contributed by atoms with E-state index in [0.29, 0.717) is 6.42 Å². The van der Waals surface area contributed by atoms with Crippen molar-refractivity contribution in [1.29, 1.82) is 0 Å². The molecule has 1 N–H and O–H groups in total. The Morgan fingerprint density at radius 3 is 3.18 bits per heavy atom. The van der Waals surface area contributed by atoms with Gasteiger partial charge in [-0.3, -0.25) is 9.69 Å². The lowest BCUT2D eigenvalue weighted by Crippen LogP contribution is -2.24. The number of carbonyl (C=O) groups excluding carboxylic acids is 1. The number of anilines is 1. The van der Waals surface area contributed by atoms with Crippen LogP contribution < -0.4 is 10.2 Å². The average molecular weight is 249 g/mol. The first-order valence-electron chi connectivity index (χ1n) is 5.90. The molecule has 0 bridgehead atoms. The largest absolute Gasteiger partial charge is 0.311 e. The van der Waals surface area contributed by atoms with Gasteiger partial charge in [-0.1, -0.05) is 17.4 Å². The summed E-state index contributed by atoms with van der Waals surface area (Å²) in [5, 5.41) is 4.20. The van der Waals surface area contributed by atoms with Crippen molar-refractivity contribution in [3.63, 3.8) is 0 Å². The molecule has 5 heteroatoms. The van der Waals surface area contributed by atoms with Crippen LogP contribution in [0.3, 0.4) is 0 Å². The Morgan fingerprint density at radius 1 is 1.59 bits per heavy atom. The van der Waals surface area contributed by atoms with Gasteiger partial charge in [0.1, 0.15) is 0 Å². The van der Waals surface area contributed by atoms with Gasteiger partial charge in [0.05, 0.1) is 5.69 Å². The van der Waals surface area contributed by atoms with Crippen LogP contribution in [0.25, 0.3) is 0 Å². The summed E-state index contributed by atoms with van der Waals surface area (Å²) in [6, 6.07) is 0. The summed E-state index contributed by atoms with van der Waals surface area (Å²) >= 11 is 1.65. The molecule has 0 saturated carbocycles. The Hall–Kier alpha value is -1.20. The number of nitrogens with zero attached hydrogens (tertiary/aromatic N) is 2. The molecule has 17 heavy (non-hydrogen) atoms. The maximum atomic E-state index is 11.9. The van der Waals surface area contributed by atoms with Crippen LogP contribution in [0.2, 0.25) is 0 Å².